The van der Waals surface area contributed by atoms with E-state index < -0.39 is 23.8 Å². The summed E-state index contributed by atoms with van der Waals surface area (Å²) in [6, 6.07) is 13.5. The quantitative estimate of drug-likeness (QED) is 0.281. The van der Waals surface area contributed by atoms with Crippen LogP contribution < -0.4 is 20.3 Å². The number of aryl methyl sites for hydroxylation is 2. The third-order valence-corrected chi connectivity index (χ3v) is 6.43. The number of barbiturate groups is 1. The third kappa shape index (κ3) is 5.99. The van der Waals surface area contributed by atoms with E-state index in [2.05, 4.69) is 10.6 Å². The Morgan fingerprint density at radius 2 is 1.68 bits per heavy atom. The number of carbonyl (C=O) groups is 4. The molecular weight excluding hydrogens is 553 g/mol. The van der Waals surface area contributed by atoms with Gasteiger partial charge in [-0.05, 0) is 79.1 Å². The second-order valence-corrected chi connectivity index (χ2v) is 9.64. The van der Waals surface area contributed by atoms with Gasteiger partial charge in [0.05, 0.1) is 15.7 Å². The molecule has 2 N–H and O–H groups in total. The zero-order chi connectivity index (χ0) is 27.6. The number of amides is 5. The van der Waals surface area contributed by atoms with Crippen molar-refractivity contribution in [2.75, 3.05) is 16.8 Å². The predicted octanol–water partition coefficient (Wildman–Crippen LogP) is 5.95. The van der Waals surface area contributed by atoms with Gasteiger partial charge in [0, 0.05) is 10.7 Å². The summed E-state index contributed by atoms with van der Waals surface area (Å²) in [6.45, 7) is 3.55. The van der Waals surface area contributed by atoms with Crippen LogP contribution in [0.2, 0.25) is 15.1 Å². The molecule has 0 bridgehead atoms. The number of nitrogens with zero attached hydrogens (tertiary/aromatic N) is 1. The maximum atomic E-state index is 13.1. The molecule has 0 saturated carbocycles. The van der Waals surface area contributed by atoms with Crippen LogP contribution in [0.15, 0.2) is 60.2 Å². The van der Waals surface area contributed by atoms with Crippen LogP contribution in [0, 0.1) is 13.8 Å². The number of benzene rings is 3. The van der Waals surface area contributed by atoms with E-state index >= 15 is 0 Å². The highest BCUT2D eigenvalue weighted by Gasteiger charge is 2.37. The number of nitrogens with one attached hydrogen (secondary N) is 2. The number of ether oxygens (including phenoxy) is 1. The van der Waals surface area contributed by atoms with Crippen LogP contribution in [0.1, 0.15) is 16.7 Å². The van der Waals surface area contributed by atoms with Crippen molar-refractivity contribution in [2.45, 2.75) is 13.8 Å². The first kappa shape index (κ1) is 27.2. The lowest BCUT2D eigenvalue weighted by Gasteiger charge is -2.26. The summed E-state index contributed by atoms with van der Waals surface area (Å²) in [5.74, 6) is -2.09. The molecule has 1 fully saturated rings. The summed E-state index contributed by atoms with van der Waals surface area (Å²) in [7, 11) is 0. The summed E-state index contributed by atoms with van der Waals surface area (Å²) in [5, 5.41) is 5.27. The predicted molar refractivity (Wildman–Crippen MR) is 147 cm³/mol. The molecule has 194 valence electrons. The van der Waals surface area contributed by atoms with E-state index in [-0.39, 0.29) is 33.7 Å². The SMILES string of the molecule is Cc1ccc(NC(=O)COc2c(Cl)cc(/C=C3\C(=O)NC(=O)N(c4cccc(Cl)c4)C3=O)cc2Cl)cc1C. The van der Waals surface area contributed by atoms with E-state index in [0.717, 1.165) is 16.0 Å². The van der Waals surface area contributed by atoms with Gasteiger partial charge in [-0.3, -0.25) is 19.7 Å². The second-order valence-electron chi connectivity index (χ2n) is 8.39. The summed E-state index contributed by atoms with van der Waals surface area (Å²) in [4.78, 5) is 51.0. The van der Waals surface area contributed by atoms with Crippen molar-refractivity contribution >= 4 is 76.0 Å². The molecule has 3 aromatic rings. The first-order valence-corrected chi connectivity index (χ1v) is 12.3. The first-order valence-electron chi connectivity index (χ1n) is 11.2. The van der Waals surface area contributed by atoms with Gasteiger partial charge in [0.15, 0.2) is 12.4 Å². The van der Waals surface area contributed by atoms with Gasteiger partial charge in [-0.25, -0.2) is 9.69 Å². The smallest absolute Gasteiger partial charge is 0.335 e. The Bertz CT molecular complexity index is 1500. The summed E-state index contributed by atoms with van der Waals surface area (Å²) in [6.07, 6.45) is 1.25. The zero-order valence-corrected chi connectivity index (χ0v) is 22.4. The fraction of sp³-hybridized carbons (Fsp3) is 0.111. The maximum absolute atomic E-state index is 13.1. The average Bonchev–Trinajstić information content (AvgIpc) is 2.83. The van der Waals surface area contributed by atoms with E-state index in [1.807, 2.05) is 26.0 Å². The monoisotopic (exact) mass is 571 g/mol. The Morgan fingerprint density at radius 3 is 2.34 bits per heavy atom. The summed E-state index contributed by atoms with van der Waals surface area (Å²) in [5.41, 5.74) is 2.93. The van der Waals surface area contributed by atoms with Gasteiger partial charge in [0.2, 0.25) is 0 Å². The minimum absolute atomic E-state index is 0.0507. The molecule has 38 heavy (non-hydrogen) atoms. The van der Waals surface area contributed by atoms with E-state index in [1.165, 1.54) is 30.3 Å². The first-order chi connectivity index (χ1) is 18.0. The molecule has 0 spiro atoms. The molecule has 11 heteroatoms. The fourth-order valence-corrected chi connectivity index (χ4v) is 4.43. The van der Waals surface area contributed by atoms with Crippen LogP contribution in [0.25, 0.3) is 6.08 Å². The molecule has 0 aromatic heterocycles. The molecule has 1 aliphatic rings. The van der Waals surface area contributed by atoms with Crippen LogP contribution in [-0.4, -0.2) is 30.4 Å². The highest BCUT2D eigenvalue weighted by Crippen LogP contribution is 2.35. The largest absolute Gasteiger partial charge is 0.481 e. The Morgan fingerprint density at radius 1 is 0.974 bits per heavy atom. The standard InChI is InChI=1S/C27H20Cl3N3O5/c1-14-6-7-18(8-15(14)2)31-23(34)13-38-24-21(29)10-16(11-22(24)30)9-20-25(35)32-27(37)33(26(20)36)19-5-3-4-17(28)12-19/h3-12H,13H2,1-2H3,(H,31,34)(H,32,35,37)/b20-9+. The van der Waals surface area contributed by atoms with Crippen molar-refractivity contribution in [1.29, 1.82) is 0 Å². The van der Waals surface area contributed by atoms with E-state index in [4.69, 9.17) is 39.5 Å². The third-order valence-electron chi connectivity index (χ3n) is 5.64. The lowest BCUT2D eigenvalue weighted by molar-refractivity contribution is -0.122. The maximum Gasteiger partial charge on any atom is 0.335 e. The normalized spacial score (nSPS) is 14.5. The number of urea groups is 1. The number of hydrogen-bond acceptors (Lipinski definition) is 5. The van der Waals surface area contributed by atoms with Crippen molar-refractivity contribution in [3.63, 3.8) is 0 Å². The number of halogens is 3. The van der Waals surface area contributed by atoms with Crippen molar-refractivity contribution in [1.82, 2.24) is 5.32 Å². The van der Waals surface area contributed by atoms with Gasteiger partial charge in [0.1, 0.15) is 5.57 Å². The van der Waals surface area contributed by atoms with Crippen molar-refractivity contribution in [3.8, 4) is 5.75 Å². The molecule has 5 amide bonds. The molecule has 4 rings (SSSR count). The van der Waals surface area contributed by atoms with Crippen molar-refractivity contribution in [2.24, 2.45) is 0 Å². The highest BCUT2D eigenvalue weighted by atomic mass is 35.5. The Kier molecular flexibility index (Phi) is 8.06. The molecule has 0 aliphatic carbocycles. The summed E-state index contributed by atoms with van der Waals surface area (Å²) >= 11 is 18.7. The van der Waals surface area contributed by atoms with Crippen LogP contribution in [-0.2, 0) is 14.4 Å². The molecule has 0 radical (unpaired) electrons. The number of hydrogen-bond donors (Lipinski definition) is 2. The van der Waals surface area contributed by atoms with Crippen LogP contribution in [0.4, 0.5) is 16.2 Å². The van der Waals surface area contributed by atoms with Gasteiger partial charge < -0.3 is 10.1 Å². The number of carbonyl (C=O) groups excluding carboxylic acids is 4. The van der Waals surface area contributed by atoms with Gasteiger partial charge in [-0.1, -0.05) is 46.9 Å². The van der Waals surface area contributed by atoms with Crippen molar-refractivity contribution < 1.29 is 23.9 Å². The average molecular weight is 573 g/mol. The van der Waals surface area contributed by atoms with Crippen LogP contribution >= 0.6 is 34.8 Å². The molecule has 0 atom stereocenters. The zero-order valence-electron chi connectivity index (χ0n) is 20.1. The molecule has 1 aliphatic heterocycles. The lowest BCUT2D eigenvalue weighted by Crippen LogP contribution is -2.54. The minimum atomic E-state index is -0.904. The molecule has 8 nitrogen and oxygen atoms in total. The fourth-order valence-electron chi connectivity index (χ4n) is 3.63. The Balaban J connectivity index is 1.51. The lowest BCUT2D eigenvalue weighted by atomic mass is 10.1. The molecular formula is C27H20Cl3N3O5. The van der Waals surface area contributed by atoms with Gasteiger partial charge in [-0.2, -0.15) is 0 Å². The van der Waals surface area contributed by atoms with Crippen LogP contribution in [0.5, 0.6) is 5.75 Å². The highest BCUT2D eigenvalue weighted by molar-refractivity contribution is 6.40. The number of rotatable bonds is 6. The Hall–Kier alpha value is -3.85. The number of anilines is 2. The number of imide groups is 2. The topological polar surface area (TPSA) is 105 Å². The van der Waals surface area contributed by atoms with Crippen molar-refractivity contribution in [3.05, 3.63) is 91.9 Å². The summed E-state index contributed by atoms with van der Waals surface area (Å²) < 4.78 is 5.53. The van der Waals surface area contributed by atoms with Gasteiger partial charge in [0.25, 0.3) is 17.7 Å². The Labute approximate surface area is 233 Å². The van der Waals surface area contributed by atoms with Crippen LogP contribution in [0.3, 0.4) is 0 Å². The van der Waals surface area contributed by atoms with E-state index in [9.17, 15) is 19.2 Å². The van der Waals surface area contributed by atoms with E-state index in [0.29, 0.717) is 16.3 Å². The molecule has 3 aromatic carbocycles. The van der Waals surface area contributed by atoms with E-state index in [1.54, 1.807) is 18.2 Å². The minimum Gasteiger partial charge on any atom is -0.481 e. The molecule has 1 heterocycles. The molecule has 1 saturated heterocycles. The van der Waals surface area contributed by atoms with Gasteiger partial charge >= 0.3 is 6.03 Å². The second kappa shape index (κ2) is 11.3. The molecule has 0 unspecified atom stereocenters. The van der Waals surface area contributed by atoms with Gasteiger partial charge in [-0.15, -0.1) is 0 Å².